The maximum Gasteiger partial charge on any atom is 0.335 e. The zero-order valence-electron chi connectivity index (χ0n) is 15.1. The lowest BCUT2D eigenvalue weighted by atomic mass is 10.1. The first-order valence-electron chi connectivity index (χ1n) is 8.95. The predicted octanol–water partition coefficient (Wildman–Crippen LogP) is 2.95. The number of carbonyl (C=O) groups excluding carboxylic acids is 2. The Labute approximate surface area is 157 Å². The van der Waals surface area contributed by atoms with Crippen LogP contribution in [0.25, 0.3) is 0 Å². The molecule has 6 nitrogen and oxygen atoms in total. The SMILES string of the molecule is CC1CC1C(=O)Nc1cccc(C(=O)NCCc2ccc(C(=O)O)cc2)c1. The van der Waals surface area contributed by atoms with Gasteiger partial charge < -0.3 is 15.7 Å². The van der Waals surface area contributed by atoms with Crippen LogP contribution in [0.5, 0.6) is 0 Å². The number of rotatable bonds is 7. The standard InChI is InChI=1S/C21H22N2O4/c1-13-11-18(13)20(25)23-17-4-2-3-16(12-17)19(24)22-10-9-14-5-7-15(8-6-14)21(26)27/h2-8,12-13,18H,9-11H2,1H3,(H,22,24)(H,23,25)(H,26,27). The van der Waals surface area contributed by atoms with Crippen molar-refractivity contribution in [3.05, 3.63) is 65.2 Å². The van der Waals surface area contributed by atoms with E-state index < -0.39 is 5.97 Å². The van der Waals surface area contributed by atoms with Crippen molar-refractivity contribution in [1.29, 1.82) is 0 Å². The van der Waals surface area contributed by atoms with Gasteiger partial charge in [-0.2, -0.15) is 0 Å². The van der Waals surface area contributed by atoms with Gasteiger partial charge in [0.25, 0.3) is 5.91 Å². The first-order valence-corrected chi connectivity index (χ1v) is 8.95. The summed E-state index contributed by atoms with van der Waals surface area (Å²) in [4.78, 5) is 35.2. The fraction of sp³-hybridized carbons (Fsp3) is 0.286. The van der Waals surface area contributed by atoms with E-state index in [4.69, 9.17) is 5.11 Å². The second kappa shape index (κ2) is 8.03. The Morgan fingerprint density at radius 3 is 2.41 bits per heavy atom. The molecule has 140 valence electrons. The molecule has 1 aliphatic rings. The Morgan fingerprint density at radius 1 is 1.07 bits per heavy atom. The number of anilines is 1. The minimum Gasteiger partial charge on any atom is -0.478 e. The summed E-state index contributed by atoms with van der Waals surface area (Å²) in [7, 11) is 0. The van der Waals surface area contributed by atoms with E-state index in [9.17, 15) is 14.4 Å². The molecule has 2 amide bonds. The van der Waals surface area contributed by atoms with Crippen LogP contribution in [-0.4, -0.2) is 29.4 Å². The third-order valence-electron chi connectivity index (χ3n) is 4.74. The highest BCUT2D eigenvalue weighted by Crippen LogP contribution is 2.38. The molecule has 1 fully saturated rings. The number of carbonyl (C=O) groups is 3. The number of nitrogens with one attached hydrogen (secondary N) is 2. The van der Waals surface area contributed by atoms with Gasteiger partial charge in [0, 0.05) is 23.7 Å². The van der Waals surface area contributed by atoms with Crippen molar-refractivity contribution in [3.63, 3.8) is 0 Å². The lowest BCUT2D eigenvalue weighted by Crippen LogP contribution is -2.26. The molecule has 3 N–H and O–H groups in total. The molecule has 0 bridgehead atoms. The highest BCUT2D eigenvalue weighted by Gasteiger charge is 2.39. The quantitative estimate of drug-likeness (QED) is 0.702. The lowest BCUT2D eigenvalue weighted by Gasteiger charge is -2.08. The van der Waals surface area contributed by atoms with Gasteiger partial charge in [0.05, 0.1) is 5.56 Å². The van der Waals surface area contributed by atoms with E-state index in [-0.39, 0.29) is 23.3 Å². The summed E-state index contributed by atoms with van der Waals surface area (Å²) in [6.07, 6.45) is 1.51. The molecule has 6 heteroatoms. The van der Waals surface area contributed by atoms with Gasteiger partial charge in [-0.05, 0) is 54.7 Å². The van der Waals surface area contributed by atoms with Gasteiger partial charge in [-0.1, -0.05) is 25.1 Å². The summed E-state index contributed by atoms with van der Waals surface area (Å²) in [5.41, 5.74) is 2.29. The molecule has 2 aromatic rings. The third-order valence-corrected chi connectivity index (χ3v) is 4.74. The van der Waals surface area contributed by atoms with Gasteiger partial charge in [-0.15, -0.1) is 0 Å². The molecule has 0 heterocycles. The van der Waals surface area contributed by atoms with Crippen molar-refractivity contribution in [2.24, 2.45) is 11.8 Å². The molecule has 0 aromatic heterocycles. The smallest absolute Gasteiger partial charge is 0.335 e. The topological polar surface area (TPSA) is 95.5 Å². The summed E-state index contributed by atoms with van der Waals surface area (Å²) >= 11 is 0. The van der Waals surface area contributed by atoms with Crippen molar-refractivity contribution >= 4 is 23.5 Å². The zero-order chi connectivity index (χ0) is 19.4. The number of hydrogen-bond acceptors (Lipinski definition) is 3. The van der Waals surface area contributed by atoms with Gasteiger partial charge in [-0.3, -0.25) is 9.59 Å². The van der Waals surface area contributed by atoms with Crippen LogP contribution in [0.3, 0.4) is 0 Å². The highest BCUT2D eigenvalue weighted by atomic mass is 16.4. The minimum absolute atomic E-state index is 0.00451. The van der Waals surface area contributed by atoms with Gasteiger partial charge >= 0.3 is 5.97 Å². The monoisotopic (exact) mass is 366 g/mol. The van der Waals surface area contributed by atoms with Crippen LogP contribution in [-0.2, 0) is 11.2 Å². The first-order chi connectivity index (χ1) is 12.9. The van der Waals surface area contributed by atoms with Gasteiger partial charge in [0.1, 0.15) is 0 Å². The van der Waals surface area contributed by atoms with Crippen LogP contribution in [0, 0.1) is 11.8 Å². The van der Waals surface area contributed by atoms with Crippen LogP contribution in [0.1, 0.15) is 39.6 Å². The van der Waals surface area contributed by atoms with Crippen LogP contribution in [0.15, 0.2) is 48.5 Å². The van der Waals surface area contributed by atoms with Crippen LogP contribution in [0.4, 0.5) is 5.69 Å². The van der Waals surface area contributed by atoms with Crippen molar-refractivity contribution in [2.75, 3.05) is 11.9 Å². The highest BCUT2D eigenvalue weighted by molar-refractivity contribution is 5.98. The normalized spacial score (nSPS) is 17.8. The fourth-order valence-corrected chi connectivity index (χ4v) is 2.90. The molecule has 27 heavy (non-hydrogen) atoms. The van der Waals surface area contributed by atoms with Gasteiger partial charge in [0.2, 0.25) is 5.91 Å². The number of carboxylic acid groups (broad SMARTS) is 1. The molecule has 1 aliphatic carbocycles. The summed E-state index contributed by atoms with van der Waals surface area (Å²) in [5, 5.41) is 14.6. The molecule has 2 aromatic carbocycles. The summed E-state index contributed by atoms with van der Waals surface area (Å²) in [6, 6.07) is 13.5. The number of hydrogen-bond donors (Lipinski definition) is 3. The first kappa shape index (κ1) is 18.6. The second-order valence-corrected chi connectivity index (χ2v) is 6.90. The summed E-state index contributed by atoms with van der Waals surface area (Å²) in [5.74, 6) is -0.660. The van der Waals surface area contributed by atoms with Crippen molar-refractivity contribution in [3.8, 4) is 0 Å². The Hall–Kier alpha value is -3.15. The summed E-state index contributed by atoms with van der Waals surface area (Å²) < 4.78 is 0. The average Bonchev–Trinajstić information content (AvgIpc) is 3.39. The molecule has 0 aliphatic heterocycles. The maximum atomic E-state index is 12.3. The molecule has 1 saturated carbocycles. The second-order valence-electron chi connectivity index (χ2n) is 6.90. The molecule has 2 unspecified atom stereocenters. The molecule has 0 saturated heterocycles. The number of amides is 2. The Kier molecular flexibility index (Phi) is 5.54. The molecule has 2 atom stereocenters. The summed E-state index contributed by atoms with van der Waals surface area (Å²) in [6.45, 7) is 2.48. The average molecular weight is 366 g/mol. The molecule has 0 spiro atoms. The maximum absolute atomic E-state index is 12.3. The van der Waals surface area contributed by atoms with Gasteiger partial charge in [-0.25, -0.2) is 4.79 Å². The third kappa shape index (κ3) is 4.94. The van der Waals surface area contributed by atoms with Crippen molar-refractivity contribution in [2.45, 2.75) is 19.8 Å². The van der Waals surface area contributed by atoms with E-state index in [1.807, 2.05) is 6.92 Å². The predicted molar refractivity (Wildman–Crippen MR) is 102 cm³/mol. The largest absolute Gasteiger partial charge is 0.478 e. The zero-order valence-corrected chi connectivity index (χ0v) is 15.1. The molecule has 0 radical (unpaired) electrons. The molecule has 3 rings (SSSR count). The Balaban J connectivity index is 1.51. The molecular weight excluding hydrogens is 344 g/mol. The van der Waals surface area contributed by atoms with E-state index in [1.54, 1.807) is 48.5 Å². The fourth-order valence-electron chi connectivity index (χ4n) is 2.90. The number of carboxylic acids is 1. The van der Waals surface area contributed by atoms with E-state index >= 15 is 0 Å². The van der Waals surface area contributed by atoms with E-state index in [0.29, 0.717) is 30.1 Å². The van der Waals surface area contributed by atoms with E-state index in [1.165, 1.54) is 0 Å². The minimum atomic E-state index is -0.960. The van der Waals surface area contributed by atoms with E-state index in [0.717, 1.165) is 12.0 Å². The van der Waals surface area contributed by atoms with Crippen LogP contribution in [0.2, 0.25) is 0 Å². The van der Waals surface area contributed by atoms with Gasteiger partial charge in [0.15, 0.2) is 0 Å². The lowest BCUT2D eigenvalue weighted by molar-refractivity contribution is -0.117. The van der Waals surface area contributed by atoms with Crippen LogP contribution >= 0.6 is 0 Å². The Bertz CT molecular complexity index is 861. The van der Waals surface area contributed by atoms with Crippen molar-refractivity contribution in [1.82, 2.24) is 5.32 Å². The molecular formula is C21H22N2O4. The van der Waals surface area contributed by atoms with Crippen molar-refractivity contribution < 1.29 is 19.5 Å². The van der Waals surface area contributed by atoms with E-state index in [2.05, 4.69) is 10.6 Å². The van der Waals surface area contributed by atoms with Crippen LogP contribution < -0.4 is 10.6 Å². The Morgan fingerprint density at radius 2 is 1.78 bits per heavy atom. The number of benzene rings is 2. The number of aromatic carboxylic acids is 1.